The fourth-order valence-electron chi connectivity index (χ4n) is 9.20. The van der Waals surface area contributed by atoms with Gasteiger partial charge in [0.15, 0.2) is 5.78 Å². The number of ketones is 1. The van der Waals surface area contributed by atoms with Gasteiger partial charge >= 0.3 is 0 Å². The highest BCUT2D eigenvalue weighted by Gasteiger charge is 2.32. The van der Waals surface area contributed by atoms with Gasteiger partial charge in [0.05, 0.1) is 33.2 Å². The lowest BCUT2D eigenvalue weighted by atomic mass is 9.99. The van der Waals surface area contributed by atoms with E-state index in [9.17, 15) is 56.7 Å². The van der Waals surface area contributed by atoms with Crippen LogP contribution in [0.1, 0.15) is 32.6 Å². The SMILES string of the molecule is Cc1cc(-n2n3c4ccc5cc(S(=O)(=O)O)ccc5c4n23)c(C(=O)c2ccccc2)cc1N=Nc1ccc(/C=C\c2ccc(-n3n4c5cc(S(=O)(=O)O)c6ccccc6c5n34)cc2S(=O)(=O)O)c(S(=O)(=O)O)c1. The van der Waals surface area contributed by atoms with Crippen LogP contribution in [-0.2, 0) is 40.5 Å². The average Bonchev–Trinajstić information content (AvgIpc) is 4.21. The molecule has 12 aromatic rings. The molecule has 0 saturated heterocycles. The number of aromatic nitrogens is 6. The first-order valence-corrected chi connectivity index (χ1v) is 27.3. The summed E-state index contributed by atoms with van der Waals surface area (Å²) in [5.41, 5.74) is 4.43. The van der Waals surface area contributed by atoms with Gasteiger partial charge in [-0.2, -0.15) is 48.7 Å². The van der Waals surface area contributed by atoms with Gasteiger partial charge in [0.1, 0.15) is 36.8 Å². The van der Waals surface area contributed by atoms with Gasteiger partial charge in [-0.1, -0.05) is 91.0 Å². The number of azo groups is 1. The molecule has 4 aromatic heterocycles. The van der Waals surface area contributed by atoms with Crippen LogP contribution < -0.4 is 0 Å². The van der Waals surface area contributed by atoms with E-state index in [1.165, 1.54) is 64.0 Å². The second-order valence-electron chi connectivity index (χ2n) is 17.1. The first-order valence-electron chi connectivity index (χ1n) is 21.5. The molecular weight excluding hydrogens is 1020 g/mol. The molecule has 366 valence electrons. The Kier molecular flexibility index (Phi) is 9.81. The predicted octanol–water partition coefficient (Wildman–Crippen LogP) is 8.57. The van der Waals surface area contributed by atoms with E-state index in [0.717, 1.165) is 23.2 Å². The molecule has 0 unspecified atom stereocenters. The maximum atomic E-state index is 14.2. The third kappa shape index (κ3) is 7.43. The molecule has 0 aliphatic heterocycles. The van der Waals surface area contributed by atoms with Crippen molar-refractivity contribution in [3.05, 3.63) is 167 Å². The lowest BCUT2D eigenvalue weighted by Gasteiger charge is -2.09. The number of carbonyl (C=O) groups excluding carboxylic acids is 1. The minimum Gasteiger partial charge on any atom is -0.289 e. The number of benzene rings is 8. The minimum atomic E-state index is -4.95. The fraction of sp³-hybridized carbons (Fsp3) is 0.0208. The van der Waals surface area contributed by atoms with Crippen molar-refractivity contribution < 1.29 is 56.7 Å². The molecular formula is C48H32N8O13S4. The van der Waals surface area contributed by atoms with Gasteiger partial charge in [0.25, 0.3) is 40.5 Å². The number of hydrogen-bond donors (Lipinski definition) is 4. The fourth-order valence-corrected chi connectivity index (χ4v) is 11.8. The Morgan fingerprint density at radius 2 is 1.12 bits per heavy atom. The highest BCUT2D eigenvalue weighted by atomic mass is 32.2. The Hall–Kier alpha value is -8.27. The number of nitrogens with zero attached hydrogens (tertiary/aromatic N) is 8. The van der Waals surface area contributed by atoms with Gasteiger partial charge in [-0.25, -0.2) is 0 Å². The van der Waals surface area contributed by atoms with Gasteiger partial charge in [0.2, 0.25) is 0 Å². The molecule has 21 nitrogen and oxygen atoms in total. The number of hydrogen-bond acceptors (Lipinski definition) is 11. The summed E-state index contributed by atoms with van der Waals surface area (Å²) in [6.45, 7) is 1.74. The minimum absolute atomic E-state index is 0.0246. The van der Waals surface area contributed by atoms with Crippen molar-refractivity contribution in [2.45, 2.75) is 26.5 Å². The smallest absolute Gasteiger partial charge is 0.289 e. The van der Waals surface area contributed by atoms with Crippen LogP contribution in [0.4, 0.5) is 11.4 Å². The molecule has 0 aliphatic rings. The largest absolute Gasteiger partial charge is 0.295 e. The Labute approximate surface area is 411 Å². The van der Waals surface area contributed by atoms with Gasteiger partial charge in [0, 0.05) is 21.7 Å². The van der Waals surface area contributed by atoms with Crippen LogP contribution in [0.15, 0.2) is 169 Å². The number of aryl methyl sites for hydroxylation is 1. The molecule has 4 heterocycles. The van der Waals surface area contributed by atoms with Crippen LogP contribution in [0.25, 0.3) is 67.1 Å². The molecule has 0 saturated carbocycles. The third-order valence-electron chi connectivity index (χ3n) is 12.6. The van der Waals surface area contributed by atoms with E-state index in [0.29, 0.717) is 44.0 Å². The number of rotatable bonds is 12. The standard InChI is InChI=1S/C48H32N8O13S4/c1-27-21-41(53-52-40-20-15-31-22-34(70(58,59)60)18-19-35(31)46(40)56(52)53)38(48(57)30-7-3-2-4-8-30)25-39(27)50-49-32-16-13-28(43(23-32)71(61,62)63)11-12-29-14-17-33(24-44(29)72(64,65)66)51-54-42-26-45(73(67,68)69)36-9-5-6-10-37(36)47(42)55(51)54/h2-26H,1H3,(H,58,59,60)(H,61,62,63)(H,64,65,66)(H,67,68,69)/b12-11-,50-49?. The molecule has 25 heteroatoms. The molecule has 12 rings (SSSR count). The predicted molar refractivity (Wildman–Crippen MR) is 266 cm³/mol. The first-order chi connectivity index (χ1) is 34.6. The summed E-state index contributed by atoms with van der Waals surface area (Å²) in [6, 6.07) is 35.2. The van der Waals surface area contributed by atoms with Crippen molar-refractivity contribution in [3.8, 4) is 11.4 Å². The van der Waals surface area contributed by atoms with E-state index >= 15 is 0 Å². The van der Waals surface area contributed by atoms with Crippen molar-refractivity contribution in [2.24, 2.45) is 10.2 Å². The van der Waals surface area contributed by atoms with Crippen LogP contribution >= 0.6 is 0 Å². The van der Waals surface area contributed by atoms with Crippen LogP contribution in [0.3, 0.4) is 0 Å². The van der Waals surface area contributed by atoms with E-state index in [1.807, 2.05) is 4.63 Å². The normalized spacial score (nSPS) is 13.4. The van der Waals surface area contributed by atoms with Crippen molar-refractivity contribution in [1.82, 2.24) is 28.1 Å². The van der Waals surface area contributed by atoms with Crippen molar-refractivity contribution in [2.75, 3.05) is 0 Å². The van der Waals surface area contributed by atoms with E-state index < -0.39 is 50.3 Å². The molecule has 8 aromatic carbocycles. The summed E-state index contributed by atoms with van der Waals surface area (Å²) in [5.74, 6) is -0.354. The molecule has 0 bridgehead atoms. The molecule has 0 aliphatic carbocycles. The van der Waals surface area contributed by atoms with Crippen LogP contribution in [0, 0.1) is 6.92 Å². The zero-order chi connectivity index (χ0) is 51.3. The molecule has 0 atom stereocenters. The van der Waals surface area contributed by atoms with Crippen LogP contribution in [0.5, 0.6) is 0 Å². The molecule has 0 fully saturated rings. The van der Waals surface area contributed by atoms with E-state index in [1.54, 1.807) is 106 Å². The summed E-state index contributed by atoms with van der Waals surface area (Å²) < 4.78 is 146. The Morgan fingerprint density at radius 3 is 1.81 bits per heavy atom. The Morgan fingerprint density at radius 1 is 0.507 bits per heavy atom. The summed E-state index contributed by atoms with van der Waals surface area (Å²) in [4.78, 5) is 15.7. The second kappa shape index (κ2) is 15.6. The number of fused-ring (bicyclic) bond motifs is 12. The molecule has 0 spiro atoms. The van der Waals surface area contributed by atoms with Crippen LogP contribution in [0.2, 0.25) is 0 Å². The van der Waals surface area contributed by atoms with E-state index in [-0.39, 0.29) is 54.7 Å². The van der Waals surface area contributed by atoms with Gasteiger partial charge < -0.3 is 0 Å². The molecule has 0 amide bonds. The molecule has 73 heavy (non-hydrogen) atoms. The van der Waals surface area contributed by atoms with Crippen molar-refractivity contribution in [1.29, 1.82) is 0 Å². The van der Waals surface area contributed by atoms with Crippen molar-refractivity contribution in [3.63, 3.8) is 0 Å². The van der Waals surface area contributed by atoms with Gasteiger partial charge in [-0.05, 0) is 89.7 Å². The highest BCUT2D eigenvalue weighted by molar-refractivity contribution is 7.86. The lowest BCUT2D eigenvalue weighted by molar-refractivity contribution is 0.103. The maximum absolute atomic E-state index is 14.2. The monoisotopic (exact) mass is 1060 g/mol. The quantitative estimate of drug-likeness (QED) is 0.0386. The summed E-state index contributed by atoms with van der Waals surface area (Å²) in [5, 5.41) is 10.7. The van der Waals surface area contributed by atoms with E-state index in [2.05, 4.69) is 10.2 Å². The average molecular weight is 1060 g/mol. The summed E-state index contributed by atoms with van der Waals surface area (Å²) >= 11 is 0. The Balaban J connectivity index is 0.877. The first kappa shape index (κ1) is 45.8. The highest BCUT2D eigenvalue weighted by Crippen LogP contribution is 2.39. The zero-order valence-corrected chi connectivity index (χ0v) is 40.4. The van der Waals surface area contributed by atoms with Gasteiger partial charge in [-0.3, -0.25) is 23.0 Å². The topological polar surface area (TPSA) is 287 Å². The molecule has 0 radical (unpaired) electrons. The number of carbonyl (C=O) groups is 1. The third-order valence-corrected chi connectivity index (χ3v) is 16.2. The lowest BCUT2D eigenvalue weighted by Crippen LogP contribution is -2.06. The van der Waals surface area contributed by atoms with E-state index in [4.69, 9.17) is 0 Å². The molecule has 4 N–H and O–H groups in total. The summed E-state index contributed by atoms with van der Waals surface area (Å²) in [7, 11) is -18.9. The zero-order valence-electron chi connectivity index (χ0n) is 37.1. The maximum Gasteiger partial charge on any atom is 0.295 e. The second-order valence-corrected chi connectivity index (χ2v) is 22.7. The summed E-state index contributed by atoms with van der Waals surface area (Å²) in [6.07, 6.45) is 2.44. The van der Waals surface area contributed by atoms with Crippen molar-refractivity contribution >= 4 is 113 Å². The van der Waals surface area contributed by atoms with Gasteiger partial charge in [-0.15, -0.1) is 23.3 Å². The Bertz CT molecular complexity index is 4880. The van der Waals surface area contributed by atoms with Crippen LogP contribution in [-0.4, -0.2) is 85.8 Å².